The highest BCUT2D eigenvalue weighted by Gasteiger charge is 2.19. The number of amides is 1. The van der Waals surface area contributed by atoms with Crippen LogP contribution in [0.3, 0.4) is 0 Å². The number of halogens is 1. The summed E-state index contributed by atoms with van der Waals surface area (Å²) in [6, 6.07) is 8.51. The number of hydrogen-bond donors (Lipinski definition) is 2. The van der Waals surface area contributed by atoms with Gasteiger partial charge in [0.25, 0.3) is 5.91 Å². The van der Waals surface area contributed by atoms with Gasteiger partial charge in [-0.25, -0.2) is 0 Å². The van der Waals surface area contributed by atoms with Gasteiger partial charge >= 0.3 is 0 Å². The van der Waals surface area contributed by atoms with E-state index in [1.807, 2.05) is 24.3 Å². The predicted octanol–water partition coefficient (Wildman–Crippen LogP) is 2.89. The molecule has 2 unspecified atom stereocenters. The summed E-state index contributed by atoms with van der Waals surface area (Å²) in [6.45, 7) is 1.75. The molecule has 0 spiro atoms. The standard InChI is InChI=1S/C14H14BrNO3/c1-9(16-14(18)11-6-7-19-8-11)13(17)10-2-4-12(15)5-3-10/h2-9,13,17H,1H3,(H,16,18). The molecular weight excluding hydrogens is 310 g/mol. The Kier molecular flexibility index (Phi) is 4.39. The van der Waals surface area contributed by atoms with Crippen LogP contribution in [0.2, 0.25) is 0 Å². The van der Waals surface area contributed by atoms with Gasteiger partial charge in [0.2, 0.25) is 0 Å². The van der Waals surface area contributed by atoms with Crippen LogP contribution in [0, 0.1) is 0 Å². The molecule has 0 aliphatic rings. The molecule has 0 saturated heterocycles. The van der Waals surface area contributed by atoms with Crippen molar-refractivity contribution in [3.8, 4) is 0 Å². The molecule has 0 fully saturated rings. The number of furan rings is 1. The quantitative estimate of drug-likeness (QED) is 0.909. The molecular formula is C14H14BrNO3. The van der Waals surface area contributed by atoms with Crippen molar-refractivity contribution in [2.45, 2.75) is 19.1 Å². The van der Waals surface area contributed by atoms with E-state index in [1.165, 1.54) is 12.5 Å². The Hall–Kier alpha value is -1.59. The van der Waals surface area contributed by atoms with Crippen molar-refractivity contribution in [1.29, 1.82) is 0 Å². The summed E-state index contributed by atoms with van der Waals surface area (Å²) in [6.07, 6.45) is 2.04. The molecule has 2 aromatic rings. The highest BCUT2D eigenvalue weighted by atomic mass is 79.9. The third-order valence-electron chi connectivity index (χ3n) is 2.83. The van der Waals surface area contributed by atoms with Crippen molar-refractivity contribution in [2.24, 2.45) is 0 Å². The van der Waals surface area contributed by atoms with Crippen molar-refractivity contribution < 1.29 is 14.3 Å². The van der Waals surface area contributed by atoms with Crippen LogP contribution in [-0.2, 0) is 0 Å². The van der Waals surface area contributed by atoms with Crippen LogP contribution in [0.15, 0.2) is 51.7 Å². The lowest BCUT2D eigenvalue weighted by molar-refractivity contribution is 0.0851. The molecule has 100 valence electrons. The molecule has 19 heavy (non-hydrogen) atoms. The molecule has 1 heterocycles. The predicted molar refractivity (Wildman–Crippen MR) is 74.7 cm³/mol. The van der Waals surface area contributed by atoms with Gasteiger partial charge in [0.05, 0.1) is 24.0 Å². The van der Waals surface area contributed by atoms with Gasteiger partial charge in [0.1, 0.15) is 6.26 Å². The molecule has 0 bridgehead atoms. The summed E-state index contributed by atoms with van der Waals surface area (Å²) >= 11 is 3.34. The lowest BCUT2D eigenvalue weighted by Crippen LogP contribution is -2.36. The van der Waals surface area contributed by atoms with Crippen LogP contribution in [0.5, 0.6) is 0 Å². The molecule has 2 rings (SSSR count). The Bertz CT molecular complexity index is 536. The first-order valence-corrected chi connectivity index (χ1v) is 6.64. The number of carbonyl (C=O) groups excluding carboxylic acids is 1. The maximum absolute atomic E-state index is 11.8. The minimum Gasteiger partial charge on any atom is -0.472 e. The minimum atomic E-state index is -0.760. The van der Waals surface area contributed by atoms with Crippen LogP contribution >= 0.6 is 15.9 Å². The van der Waals surface area contributed by atoms with Gasteiger partial charge in [-0.1, -0.05) is 28.1 Å². The van der Waals surface area contributed by atoms with E-state index in [0.29, 0.717) is 5.56 Å². The highest BCUT2D eigenvalue weighted by Crippen LogP contribution is 2.19. The van der Waals surface area contributed by atoms with Crippen LogP contribution in [0.25, 0.3) is 0 Å². The van der Waals surface area contributed by atoms with E-state index in [0.717, 1.165) is 10.0 Å². The van der Waals surface area contributed by atoms with E-state index < -0.39 is 12.1 Å². The van der Waals surface area contributed by atoms with Gasteiger partial charge < -0.3 is 14.8 Å². The first-order chi connectivity index (χ1) is 9.08. The average Bonchev–Trinajstić information content (AvgIpc) is 2.92. The number of nitrogens with one attached hydrogen (secondary N) is 1. The molecule has 5 heteroatoms. The maximum atomic E-state index is 11.8. The number of hydrogen-bond acceptors (Lipinski definition) is 3. The normalized spacial score (nSPS) is 13.8. The van der Waals surface area contributed by atoms with E-state index in [2.05, 4.69) is 21.2 Å². The third-order valence-corrected chi connectivity index (χ3v) is 3.36. The number of benzene rings is 1. The number of aliphatic hydroxyl groups excluding tert-OH is 1. The van der Waals surface area contributed by atoms with Gasteiger partial charge in [0.15, 0.2) is 0 Å². The summed E-state index contributed by atoms with van der Waals surface area (Å²) in [4.78, 5) is 11.8. The summed E-state index contributed by atoms with van der Waals surface area (Å²) < 4.78 is 5.79. The zero-order chi connectivity index (χ0) is 13.8. The zero-order valence-corrected chi connectivity index (χ0v) is 11.9. The summed E-state index contributed by atoms with van der Waals surface area (Å²) in [5.41, 5.74) is 1.19. The van der Waals surface area contributed by atoms with Crippen LogP contribution < -0.4 is 5.32 Å². The molecule has 0 radical (unpaired) electrons. The lowest BCUT2D eigenvalue weighted by atomic mass is 10.0. The summed E-state index contributed by atoms with van der Waals surface area (Å²) in [7, 11) is 0. The molecule has 0 saturated carbocycles. The highest BCUT2D eigenvalue weighted by molar-refractivity contribution is 9.10. The maximum Gasteiger partial charge on any atom is 0.254 e. The monoisotopic (exact) mass is 323 g/mol. The van der Waals surface area contributed by atoms with Crippen LogP contribution in [-0.4, -0.2) is 17.1 Å². The van der Waals surface area contributed by atoms with Gasteiger partial charge in [-0.2, -0.15) is 0 Å². The smallest absolute Gasteiger partial charge is 0.254 e. The lowest BCUT2D eigenvalue weighted by Gasteiger charge is -2.20. The van der Waals surface area contributed by atoms with Crippen molar-refractivity contribution in [3.63, 3.8) is 0 Å². The summed E-state index contributed by atoms with van der Waals surface area (Å²) in [5, 5.41) is 12.9. The van der Waals surface area contributed by atoms with Gasteiger partial charge in [0, 0.05) is 4.47 Å². The molecule has 4 nitrogen and oxygen atoms in total. The molecule has 0 aliphatic carbocycles. The zero-order valence-electron chi connectivity index (χ0n) is 10.3. The Balaban J connectivity index is 2.01. The average molecular weight is 324 g/mol. The largest absolute Gasteiger partial charge is 0.472 e. The molecule has 1 aromatic carbocycles. The van der Waals surface area contributed by atoms with E-state index in [-0.39, 0.29) is 5.91 Å². The van der Waals surface area contributed by atoms with Crippen molar-refractivity contribution in [1.82, 2.24) is 5.32 Å². The second-order valence-electron chi connectivity index (χ2n) is 4.27. The van der Waals surface area contributed by atoms with Gasteiger partial charge in [-0.05, 0) is 30.7 Å². The Morgan fingerprint density at radius 3 is 2.58 bits per heavy atom. The Morgan fingerprint density at radius 2 is 2.00 bits per heavy atom. The third kappa shape index (κ3) is 3.45. The second-order valence-corrected chi connectivity index (χ2v) is 5.19. The number of rotatable bonds is 4. The van der Waals surface area contributed by atoms with Crippen molar-refractivity contribution in [2.75, 3.05) is 0 Å². The molecule has 0 aliphatic heterocycles. The first-order valence-electron chi connectivity index (χ1n) is 5.84. The fourth-order valence-electron chi connectivity index (χ4n) is 1.71. The molecule has 2 atom stereocenters. The first kappa shape index (κ1) is 13.8. The van der Waals surface area contributed by atoms with E-state index in [4.69, 9.17) is 4.42 Å². The van der Waals surface area contributed by atoms with E-state index >= 15 is 0 Å². The van der Waals surface area contributed by atoms with E-state index in [1.54, 1.807) is 13.0 Å². The Morgan fingerprint density at radius 1 is 1.32 bits per heavy atom. The second kappa shape index (κ2) is 6.04. The topological polar surface area (TPSA) is 62.5 Å². The molecule has 1 aromatic heterocycles. The number of aliphatic hydroxyl groups is 1. The van der Waals surface area contributed by atoms with Gasteiger partial charge in [-0.3, -0.25) is 4.79 Å². The summed E-state index contributed by atoms with van der Waals surface area (Å²) in [5.74, 6) is -0.266. The fraction of sp³-hybridized carbons (Fsp3) is 0.214. The minimum absolute atomic E-state index is 0.266. The Labute approximate surface area is 119 Å². The fourth-order valence-corrected chi connectivity index (χ4v) is 1.98. The SMILES string of the molecule is CC(NC(=O)c1ccoc1)C(O)c1ccc(Br)cc1. The van der Waals surface area contributed by atoms with Gasteiger partial charge in [-0.15, -0.1) is 0 Å². The van der Waals surface area contributed by atoms with Crippen LogP contribution in [0.1, 0.15) is 28.9 Å². The van der Waals surface area contributed by atoms with Crippen molar-refractivity contribution in [3.05, 3.63) is 58.5 Å². The molecule has 2 N–H and O–H groups in total. The number of carbonyl (C=O) groups is 1. The van der Waals surface area contributed by atoms with Crippen molar-refractivity contribution >= 4 is 21.8 Å². The molecule has 1 amide bonds. The van der Waals surface area contributed by atoms with E-state index in [9.17, 15) is 9.90 Å². The van der Waals surface area contributed by atoms with Crippen LogP contribution in [0.4, 0.5) is 0 Å².